The molecule has 8 heteroatoms. The molecule has 0 spiro atoms. The van der Waals surface area contributed by atoms with Crippen molar-refractivity contribution < 1.29 is 24.5 Å². The molecule has 0 saturated carbocycles. The Labute approximate surface area is 181 Å². The molecular weight excluding hydrogens is 452 g/mol. The van der Waals surface area contributed by atoms with Crippen molar-refractivity contribution in [3.8, 4) is 23.0 Å². The molecule has 3 rings (SSSR count). The lowest BCUT2D eigenvalue weighted by molar-refractivity contribution is 0.0954. The number of nitrogens with one attached hydrogen (secondary N) is 1. The van der Waals surface area contributed by atoms with Gasteiger partial charge in [0.1, 0.15) is 29.6 Å². The molecule has 0 atom stereocenters. The van der Waals surface area contributed by atoms with Crippen molar-refractivity contribution in [1.82, 2.24) is 5.43 Å². The zero-order valence-electron chi connectivity index (χ0n) is 16.0. The van der Waals surface area contributed by atoms with Crippen molar-refractivity contribution in [1.29, 1.82) is 0 Å². The van der Waals surface area contributed by atoms with Crippen LogP contribution in [0.3, 0.4) is 0 Å². The van der Waals surface area contributed by atoms with Gasteiger partial charge in [-0.15, -0.1) is 0 Å². The zero-order chi connectivity index (χ0) is 21.5. The number of carbonyl (C=O) groups excluding carboxylic acids is 1. The lowest BCUT2D eigenvalue weighted by Gasteiger charge is -2.10. The molecular formula is C22H19BrN2O5. The van der Waals surface area contributed by atoms with Gasteiger partial charge in [0, 0.05) is 21.7 Å². The molecule has 0 aliphatic rings. The van der Waals surface area contributed by atoms with Crippen LogP contribution in [0, 0.1) is 0 Å². The number of hydrazone groups is 1. The van der Waals surface area contributed by atoms with Crippen LogP contribution >= 0.6 is 15.9 Å². The number of phenolic OH excluding ortho intramolecular Hbond substituents is 2. The molecule has 0 aliphatic carbocycles. The number of aromatic hydroxyl groups is 2. The number of rotatable bonds is 7. The highest BCUT2D eigenvalue weighted by atomic mass is 79.9. The summed E-state index contributed by atoms with van der Waals surface area (Å²) in [5, 5.41) is 22.9. The van der Waals surface area contributed by atoms with Gasteiger partial charge in [-0.25, -0.2) is 5.43 Å². The maximum atomic E-state index is 12.2. The quantitative estimate of drug-likeness (QED) is 0.354. The van der Waals surface area contributed by atoms with Crippen LogP contribution in [0.15, 0.2) is 70.2 Å². The number of nitrogens with zero attached hydrogens (tertiary/aromatic N) is 1. The van der Waals surface area contributed by atoms with E-state index in [1.54, 1.807) is 19.2 Å². The molecule has 30 heavy (non-hydrogen) atoms. The lowest BCUT2D eigenvalue weighted by Crippen LogP contribution is -2.17. The van der Waals surface area contributed by atoms with Gasteiger partial charge in [0.2, 0.25) is 0 Å². The molecule has 0 radical (unpaired) electrons. The molecule has 0 unspecified atom stereocenters. The van der Waals surface area contributed by atoms with Crippen LogP contribution in [0.4, 0.5) is 0 Å². The van der Waals surface area contributed by atoms with Crippen LogP contribution < -0.4 is 14.9 Å². The molecule has 7 nitrogen and oxygen atoms in total. The average molecular weight is 471 g/mol. The fourth-order valence-corrected chi connectivity index (χ4v) is 3.01. The number of hydrogen-bond donors (Lipinski definition) is 3. The van der Waals surface area contributed by atoms with Crippen molar-refractivity contribution >= 4 is 28.1 Å². The van der Waals surface area contributed by atoms with Crippen LogP contribution in [-0.2, 0) is 6.61 Å². The number of hydrogen-bond acceptors (Lipinski definition) is 6. The van der Waals surface area contributed by atoms with Crippen LogP contribution in [0.25, 0.3) is 0 Å². The van der Waals surface area contributed by atoms with Crippen LogP contribution in [0.2, 0.25) is 0 Å². The van der Waals surface area contributed by atoms with Crippen molar-refractivity contribution in [3.05, 3.63) is 81.8 Å². The molecule has 0 bridgehead atoms. The van der Waals surface area contributed by atoms with Gasteiger partial charge in [-0.05, 0) is 48.0 Å². The van der Waals surface area contributed by atoms with E-state index in [-0.39, 0.29) is 17.1 Å². The lowest BCUT2D eigenvalue weighted by atomic mass is 10.2. The second-order valence-electron chi connectivity index (χ2n) is 6.26. The summed E-state index contributed by atoms with van der Waals surface area (Å²) in [7, 11) is 1.61. The highest BCUT2D eigenvalue weighted by Gasteiger charge is 2.08. The summed E-state index contributed by atoms with van der Waals surface area (Å²) in [5.74, 6) is 0.309. The first-order valence-electron chi connectivity index (χ1n) is 8.86. The molecule has 3 N–H and O–H groups in total. The van der Waals surface area contributed by atoms with Gasteiger partial charge in [0.15, 0.2) is 0 Å². The second kappa shape index (κ2) is 9.80. The Morgan fingerprint density at radius 3 is 2.60 bits per heavy atom. The Morgan fingerprint density at radius 1 is 1.10 bits per heavy atom. The molecule has 0 saturated heterocycles. The Bertz CT molecular complexity index is 1060. The molecule has 0 aliphatic heterocycles. The summed E-state index contributed by atoms with van der Waals surface area (Å²) >= 11 is 3.41. The fraction of sp³-hybridized carbons (Fsp3) is 0.0909. The van der Waals surface area contributed by atoms with Gasteiger partial charge in [-0.1, -0.05) is 28.1 Å². The normalized spacial score (nSPS) is 10.7. The van der Waals surface area contributed by atoms with Gasteiger partial charge in [-0.2, -0.15) is 5.10 Å². The highest BCUT2D eigenvalue weighted by Crippen LogP contribution is 2.24. The molecule has 0 heterocycles. The first kappa shape index (κ1) is 21.2. The Balaban J connectivity index is 1.70. The van der Waals surface area contributed by atoms with E-state index in [0.717, 1.165) is 21.9 Å². The third-order valence-corrected chi connectivity index (χ3v) is 4.53. The Hall–Kier alpha value is -3.52. The first-order valence-corrected chi connectivity index (χ1v) is 9.65. The minimum Gasteiger partial charge on any atom is -0.508 e. The van der Waals surface area contributed by atoms with Gasteiger partial charge in [0.25, 0.3) is 5.91 Å². The smallest absolute Gasteiger partial charge is 0.271 e. The fourth-order valence-electron chi connectivity index (χ4n) is 2.63. The van der Waals surface area contributed by atoms with E-state index in [1.807, 2.05) is 30.3 Å². The monoisotopic (exact) mass is 470 g/mol. The van der Waals surface area contributed by atoms with Gasteiger partial charge in [0.05, 0.1) is 13.3 Å². The number of carbonyl (C=O) groups is 1. The Morgan fingerprint density at radius 2 is 1.87 bits per heavy atom. The molecule has 0 aromatic heterocycles. The number of benzene rings is 3. The van der Waals surface area contributed by atoms with E-state index in [9.17, 15) is 15.0 Å². The summed E-state index contributed by atoms with van der Waals surface area (Å²) in [6.07, 6.45) is 1.45. The largest absolute Gasteiger partial charge is 0.508 e. The molecule has 1 amide bonds. The summed E-state index contributed by atoms with van der Waals surface area (Å²) in [4.78, 5) is 12.2. The van der Waals surface area contributed by atoms with Crippen molar-refractivity contribution in [2.75, 3.05) is 7.11 Å². The molecule has 3 aromatic rings. The van der Waals surface area contributed by atoms with E-state index in [4.69, 9.17) is 9.47 Å². The first-order chi connectivity index (χ1) is 14.4. The predicted octanol–water partition coefficient (Wildman–Crippen LogP) is 4.21. The Kier molecular flexibility index (Phi) is 6.92. The van der Waals surface area contributed by atoms with E-state index < -0.39 is 5.91 Å². The SMILES string of the molecule is COc1cccc(COc2ccc(Br)cc2/C=N/NC(=O)c2cc(O)cc(O)c2)c1. The topological polar surface area (TPSA) is 100 Å². The third-order valence-electron chi connectivity index (χ3n) is 4.03. The zero-order valence-corrected chi connectivity index (χ0v) is 17.6. The third kappa shape index (κ3) is 5.74. The minimum absolute atomic E-state index is 0.0772. The van der Waals surface area contributed by atoms with E-state index in [1.165, 1.54) is 18.3 Å². The number of methoxy groups -OCH3 is 1. The maximum Gasteiger partial charge on any atom is 0.271 e. The van der Waals surface area contributed by atoms with Gasteiger partial charge >= 0.3 is 0 Å². The van der Waals surface area contributed by atoms with Crippen LogP contribution in [-0.4, -0.2) is 29.4 Å². The average Bonchev–Trinajstić information content (AvgIpc) is 2.72. The summed E-state index contributed by atoms with van der Waals surface area (Å²) in [6.45, 7) is 0.328. The summed E-state index contributed by atoms with van der Waals surface area (Å²) in [5.41, 5.74) is 4.02. The number of ether oxygens (including phenoxy) is 2. The molecule has 3 aromatic carbocycles. The molecule has 0 fully saturated rings. The number of amides is 1. The van der Waals surface area contributed by atoms with Crippen LogP contribution in [0.5, 0.6) is 23.0 Å². The molecule has 154 valence electrons. The van der Waals surface area contributed by atoms with Crippen LogP contribution in [0.1, 0.15) is 21.5 Å². The van der Waals surface area contributed by atoms with E-state index in [2.05, 4.69) is 26.5 Å². The number of halogens is 1. The minimum atomic E-state index is -0.578. The second-order valence-corrected chi connectivity index (χ2v) is 7.18. The van der Waals surface area contributed by atoms with Crippen molar-refractivity contribution in [2.45, 2.75) is 6.61 Å². The van der Waals surface area contributed by atoms with E-state index >= 15 is 0 Å². The standard InChI is InChI=1S/C22H19BrN2O5/c1-29-20-4-2-3-14(7-20)13-30-21-6-5-17(23)8-16(21)12-24-25-22(28)15-9-18(26)11-19(27)10-15/h2-12,26-27H,13H2,1H3,(H,25,28)/b24-12+. The van der Waals surface area contributed by atoms with Gasteiger partial charge < -0.3 is 19.7 Å². The number of phenols is 2. The summed E-state index contributed by atoms with van der Waals surface area (Å²) < 4.78 is 11.9. The maximum absolute atomic E-state index is 12.2. The van der Waals surface area contributed by atoms with Crippen molar-refractivity contribution in [3.63, 3.8) is 0 Å². The van der Waals surface area contributed by atoms with E-state index in [0.29, 0.717) is 17.9 Å². The summed E-state index contributed by atoms with van der Waals surface area (Å²) in [6, 6.07) is 16.6. The van der Waals surface area contributed by atoms with Crippen molar-refractivity contribution in [2.24, 2.45) is 5.10 Å². The van der Waals surface area contributed by atoms with Gasteiger partial charge in [-0.3, -0.25) is 4.79 Å². The predicted molar refractivity (Wildman–Crippen MR) is 116 cm³/mol. The highest BCUT2D eigenvalue weighted by molar-refractivity contribution is 9.10.